The zero-order valence-electron chi connectivity index (χ0n) is 8.29. The van der Waals surface area contributed by atoms with E-state index in [1.54, 1.807) is 6.92 Å². The molecular formula is C7H16BrNO4S. The van der Waals surface area contributed by atoms with Gasteiger partial charge in [-0.15, -0.1) is 0 Å². The van der Waals surface area contributed by atoms with Crippen molar-refractivity contribution in [1.29, 1.82) is 0 Å². The lowest BCUT2D eigenvalue weighted by atomic mass is 10.0. The van der Waals surface area contributed by atoms with Gasteiger partial charge in [-0.1, -0.05) is 15.9 Å². The van der Waals surface area contributed by atoms with E-state index in [1.807, 2.05) is 0 Å². The van der Waals surface area contributed by atoms with Gasteiger partial charge >= 0.3 is 0 Å². The largest absolute Gasteiger partial charge is 0.389 e. The average Bonchev–Trinajstić information content (AvgIpc) is 2.12. The summed E-state index contributed by atoms with van der Waals surface area (Å²) in [5.41, 5.74) is -1.08. The van der Waals surface area contributed by atoms with Crippen LogP contribution in [0.15, 0.2) is 0 Å². The van der Waals surface area contributed by atoms with Gasteiger partial charge in [-0.25, -0.2) is 13.1 Å². The molecule has 0 amide bonds. The van der Waals surface area contributed by atoms with Crippen LogP contribution < -0.4 is 4.72 Å². The summed E-state index contributed by atoms with van der Waals surface area (Å²) in [6.45, 7) is 1.94. The maximum atomic E-state index is 11.0. The molecule has 0 aromatic rings. The summed E-state index contributed by atoms with van der Waals surface area (Å²) in [6, 6.07) is 0. The molecule has 0 aromatic heterocycles. The standard InChI is InChI=1S/C7H16BrNO4S/c1-7(10,3-4-13-2)5-9-14(11,12)6-8/h9-10H,3-6H2,1-2H3. The van der Waals surface area contributed by atoms with Crippen LogP contribution in [0.1, 0.15) is 13.3 Å². The minimum atomic E-state index is -3.31. The Balaban J connectivity index is 3.98. The van der Waals surface area contributed by atoms with Crippen molar-refractivity contribution in [2.45, 2.75) is 18.9 Å². The molecule has 0 aliphatic rings. The molecule has 14 heavy (non-hydrogen) atoms. The SMILES string of the molecule is COCCC(C)(O)CNS(=O)(=O)CBr. The quantitative estimate of drug-likeness (QED) is 0.649. The molecule has 0 bridgehead atoms. The number of rotatable bonds is 7. The smallest absolute Gasteiger partial charge is 0.221 e. The lowest BCUT2D eigenvalue weighted by molar-refractivity contribution is 0.0292. The second kappa shape index (κ2) is 6.02. The Hall–Kier alpha value is 0.310. The number of sulfonamides is 1. The van der Waals surface area contributed by atoms with Gasteiger partial charge in [-0.3, -0.25) is 0 Å². The minimum absolute atomic E-state index is 0.00963. The Morgan fingerprint density at radius 1 is 1.57 bits per heavy atom. The number of hydrogen-bond donors (Lipinski definition) is 2. The van der Waals surface area contributed by atoms with E-state index >= 15 is 0 Å². The molecule has 5 nitrogen and oxygen atoms in total. The fourth-order valence-electron chi connectivity index (χ4n) is 0.714. The fourth-order valence-corrected chi connectivity index (χ4v) is 1.81. The first-order valence-electron chi connectivity index (χ1n) is 4.07. The van der Waals surface area contributed by atoms with Gasteiger partial charge in [0.05, 0.1) is 5.60 Å². The topological polar surface area (TPSA) is 75.6 Å². The van der Waals surface area contributed by atoms with Crippen molar-refractivity contribution < 1.29 is 18.3 Å². The predicted octanol–water partition coefficient (Wildman–Crippen LogP) is 0.0457. The summed E-state index contributed by atoms with van der Waals surface area (Å²) in [5, 5.41) is 9.68. The molecule has 7 heteroatoms. The van der Waals surface area contributed by atoms with Crippen LogP contribution >= 0.6 is 15.9 Å². The van der Waals surface area contributed by atoms with Gasteiger partial charge < -0.3 is 9.84 Å². The highest BCUT2D eigenvalue weighted by Gasteiger charge is 2.22. The number of aliphatic hydroxyl groups is 1. The summed E-state index contributed by atoms with van der Waals surface area (Å²) in [5.74, 6) is 0. The first-order chi connectivity index (χ1) is 6.33. The molecule has 0 saturated heterocycles. The molecule has 1 unspecified atom stereocenters. The monoisotopic (exact) mass is 289 g/mol. The third-order valence-corrected chi connectivity index (χ3v) is 4.34. The van der Waals surface area contributed by atoms with Gasteiger partial charge in [-0.2, -0.15) is 0 Å². The van der Waals surface area contributed by atoms with Gasteiger partial charge in [0.15, 0.2) is 0 Å². The maximum Gasteiger partial charge on any atom is 0.221 e. The van der Waals surface area contributed by atoms with Crippen LogP contribution in [0.25, 0.3) is 0 Å². The lowest BCUT2D eigenvalue weighted by Gasteiger charge is -2.22. The van der Waals surface area contributed by atoms with Gasteiger partial charge in [-0.05, 0) is 6.92 Å². The number of methoxy groups -OCH3 is 1. The van der Waals surface area contributed by atoms with Crippen LogP contribution in [0, 0.1) is 0 Å². The van der Waals surface area contributed by atoms with Crippen molar-refractivity contribution in [3.05, 3.63) is 0 Å². The number of ether oxygens (including phenoxy) is 1. The van der Waals surface area contributed by atoms with Gasteiger partial charge in [0.1, 0.15) is 4.66 Å². The summed E-state index contributed by atoms with van der Waals surface area (Å²) >= 11 is 2.83. The molecule has 0 aliphatic carbocycles. The molecule has 0 heterocycles. The normalized spacial score (nSPS) is 16.6. The summed E-state index contributed by atoms with van der Waals surface area (Å²) in [7, 11) is -1.79. The first-order valence-corrected chi connectivity index (χ1v) is 6.85. The van der Waals surface area contributed by atoms with Gasteiger partial charge in [0.25, 0.3) is 0 Å². The molecule has 0 fully saturated rings. The fraction of sp³-hybridized carbons (Fsp3) is 1.00. The Kier molecular flexibility index (Phi) is 6.15. The van der Waals surface area contributed by atoms with Crippen LogP contribution in [0.2, 0.25) is 0 Å². The van der Waals surface area contributed by atoms with Crippen molar-refractivity contribution in [2.75, 3.05) is 24.9 Å². The maximum absolute atomic E-state index is 11.0. The van der Waals surface area contributed by atoms with Crippen LogP contribution in [0.4, 0.5) is 0 Å². The molecule has 2 N–H and O–H groups in total. The van der Waals surface area contributed by atoms with E-state index < -0.39 is 15.6 Å². The lowest BCUT2D eigenvalue weighted by Crippen LogP contribution is -2.41. The van der Waals surface area contributed by atoms with Crippen LogP contribution in [0.3, 0.4) is 0 Å². The summed E-state index contributed by atoms with van der Waals surface area (Å²) in [6.07, 6.45) is 0.383. The average molecular weight is 290 g/mol. The van der Waals surface area contributed by atoms with Gasteiger partial charge in [0, 0.05) is 26.7 Å². The van der Waals surface area contributed by atoms with Crippen molar-refractivity contribution >= 4 is 26.0 Å². The van der Waals surface area contributed by atoms with E-state index in [0.717, 1.165) is 0 Å². The number of alkyl halides is 1. The minimum Gasteiger partial charge on any atom is -0.389 e. The second-order valence-electron chi connectivity index (χ2n) is 3.28. The highest BCUT2D eigenvalue weighted by Crippen LogP contribution is 2.08. The summed E-state index contributed by atoms with van der Waals surface area (Å²) in [4.78, 5) is 0. The van der Waals surface area contributed by atoms with Gasteiger partial charge in [0.2, 0.25) is 10.0 Å². The molecule has 0 aromatic carbocycles. The number of halogens is 1. The third kappa shape index (κ3) is 6.72. The first kappa shape index (κ1) is 14.3. The summed E-state index contributed by atoms with van der Waals surface area (Å²) < 4.78 is 28.9. The molecular weight excluding hydrogens is 274 g/mol. The predicted molar refractivity (Wildman–Crippen MR) is 57.8 cm³/mol. The molecule has 0 aliphatic heterocycles. The zero-order valence-corrected chi connectivity index (χ0v) is 10.7. The van der Waals surface area contributed by atoms with Crippen molar-refractivity contribution in [3.63, 3.8) is 0 Å². The van der Waals surface area contributed by atoms with Crippen molar-refractivity contribution in [2.24, 2.45) is 0 Å². The van der Waals surface area contributed by atoms with E-state index in [0.29, 0.717) is 13.0 Å². The Morgan fingerprint density at radius 3 is 2.57 bits per heavy atom. The molecule has 0 radical (unpaired) electrons. The van der Waals surface area contributed by atoms with Crippen molar-refractivity contribution in [3.8, 4) is 0 Å². The second-order valence-corrected chi connectivity index (χ2v) is 6.39. The number of hydrogen-bond acceptors (Lipinski definition) is 4. The molecule has 0 spiro atoms. The Labute approximate surface area is 93.0 Å². The molecule has 0 rings (SSSR count). The third-order valence-electron chi connectivity index (χ3n) is 1.66. The Bertz CT molecular complexity index is 252. The molecule has 0 saturated carbocycles. The zero-order chi connectivity index (χ0) is 11.2. The van der Waals surface area contributed by atoms with Crippen LogP contribution in [0.5, 0.6) is 0 Å². The highest BCUT2D eigenvalue weighted by molar-refractivity contribution is 9.10. The van der Waals surface area contributed by atoms with E-state index in [-0.39, 0.29) is 11.2 Å². The Morgan fingerprint density at radius 2 is 2.14 bits per heavy atom. The van der Waals surface area contributed by atoms with Crippen molar-refractivity contribution in [1.82, 2.24) is 4.72 Å². The van der Waals surface area contributed by atoms with Crippen LogP contribution in [-0.4, -0.2) is 44.0 Å². The van der Waals surface area contributed by atoms with E-state index in [9.17, 15) is 13.5 Å². The van der Waals surface area contributed by atoms with E-state index in [1.165, 1.54) is 7.11 Å². The van der Waals surface area contributed by atoms with Crippen LogP contribution in [-0.2, 0) is 14.8 Å². The molecule has 86 valence electrons. The van der Waals surface area contributed by atoms with E-state index in [2.05, 4.69) is 20.7 Å². The van der Waals surface area contributed by atoms with E-state index in [4.69, 9.17) is 4.74 Å². The number of nitrogens with one attached hydrogen (secondary N) is 1. The molecule has 1 atom stereocenters. The highest BCUT2D eigenvalue weighted by atomic mass is 79.9.